The van der Waals surface area contributed by atoms with Gasteiger partial charge in [-0.15, -0.1) is 0 Å². The van der Waals surface area contributed by atoms with Crippen LogP contribution in [-0.2, 0) is 9.53 Å². The fourth-order valence-electron chi connectivity index (χ4n) is 2.60. The molecule has 1 rings (SSSR count). The molecule has 1 fully saturated rings. The molecular formula is C13H25NO3. The maximum atomic E-state index is 11.3. The van der Waals surface area contributed by atoms with E-state index in [4.69, 9.17) is 4.74 Å². The first-order valence-corrected chi connectivity index (χ1v) is 6.50. The van der Waals surface area contributed by atoms with E-state index in [1.807, 2.05) is 20.8 Å². The van der Waals surface area contributed by atoms with Crippen LogP contribution < -0.4 is 0 Å². The van der Waals surface area contributed by atoms with E-state index in [0.717, 1.165) is 19.3 Å². The number of hydrogen-bond donors (Lipinski definition) is 1. The SMILES string of the molecule is CCCCC(C(=O)O)N1CC(C)OC(C)(C)C1. The van der Waals surface area contributed by atoms with Gasteiger partial charge in [0.1, 0.15) is 6.04 Å². The van der Waals surface area contributed by atoms with Crippen LogP contribution in [0.2, 0.25) is 0 Å². The predicted octanol–water partition coefficient (Wildman–Crippen LogP) is 2.13. The number of carboxylic acids is 1. The zero-order valence-corrected chi connectivity index (χ0v) is 11.4. The van der Waals surface area contributed by atoms with E-state index in [2.05, 4.69) is 11.8 Å². The van der Waals surface area contributed by atoms with Crippen LogP contribution >= 0.6 is 0 Å². The summed E-state index contributed by atoms with van der Waals surface area (Å²) < 4.78 is 5.80. The molecule has 0 aromatic heterocycles. The fraction of sp³-hybridized carbons (Fsp3) is 0.923. The zero-order chi connectivity index (χ0) is 13.1. The summed E-state index contributed by atoms with van der Waals surface area (Å²) in [6.07, 6.45) is 2.83. The quantitative estimate of drug-likeness (QED) is 0.803. The summed E-state index contributed by atoms with van der Waals surface area (Å²) in [7, 11) is 0. The molecule has 0 aliphatic carbocycles. The minimum atomic E-state index is -0.705. The molecule has 2 atom stereocenters. The van der Waals surface area contributed by atoms with Crippen molar-refractivity contribution in [2.24, 2.45) is 0 Å². The molecule has 17 heavy (non-hydrogen) atoms. The van der Waals surface area contributed by atoms with Gasteiger partial charge in [-0.1, -0.05) is 19.8 Å². The third-order valence-corrected chi connectivity index (χ3v) is 3.15. The molecule has 1 N–H and O–H groups in total. The van der Waals surface area contributed by atoms with Gasteiger partial charge in [0.2, 0.25) is 0 Å². The number of hydrogen-bond acceptors (Lipinski definition) is 3. The molecule has 0 saturated carbocycles. The average Bonchev–Trinajstić information content (AvgIpc) is 2.14. The molecule has 0 bridgehead atoms. The molecule has 0 radical (unpaired) electrons. The summed E-state index contributed by atoms with van der Waals surface area (Å²) in [5.74, 6) is -0.705. The Morgan fingerprint density at radius 3 is 2.71 bits per heavy atom. The molecule has 1 aliphatic heterocycles. The first-order valence-electron chi connectivity index (χ1n) is 6.50. The van der Waals surface area contributed by atoms with Gasteiger partial charge < -0.3 is 9.84 Å². The molecule has 4 heteroatoms. The summed E-state index contributed by atoms with van der Waals surface area (Å²) in [6.45, 7) is 9.54. The van der Waals surface area contributed by atoms with Crippen molar-refractivity contribution >= 4 is 5.97 Å². The van der Waals surface area contributed by atoms with Crippen LogP contribution in [0.25, 0.3) is 0 Å². The lowest BCUT2D eigenvalue weighted by molar-refractivity contribution is -0.160. The van der Waals surface area contributed by atoms with Gasteiger partial charge in [-0.25, -0.2) is 0 Å². The van der Waals surface area contributed by atoms with E-state index in [0.29, 0.717) is 13.1 Å². The Morgan fingerprint density at radius 1 is 1.59 bits per heavy atom. The van der Waals surface area contributed by atoms with Crippen LogP contribution in [0.4, 0.5) is 0 Å². The van der Waals surface area contributed by atoms with Crippen molar-refractivity contribution < 1.29 is 14.6 Å². The number of unbranched alkanes of at least 4 members (excludes halogenated alkanes) is 1. The molecule has 100 valence electrons. The van der Waals surface area contributed by atoms with Crippen molar-refractivity contribution in [3.05, 3.63) is 0 Å². The highest BCUT2D eigenvalue weighted by Crippen LogP contribution is 2.24. The van der Waals surface area contributed by atoms with Crippen LogP contribution in [0.15, 0.2) is 0 Å². The minimum Gasteiger partial charge on any atom is -0.480 e. The van der Waals surface area contributed by atoms with E-state index >= 15 is 0 Å². The topological polar surface area (TPSA) is 49.8 Å². The standard InChI is InChI=1S/C13H25NO3/c1-5-6-7-11(12(15)16)14-8-10(2)17-13(3,4)9-14/h10-11H,5-9H2,1-4H3,(H,15,16). The monoisotopic (exact) mass is 243 g/mol. The van der Waals surface area contributed by atoms with Gasteiger partial charge in [0.25, 0.3) is 0 Å². The van der Waals surface area contributed by atoms with Crippen molar-refractivity contribution in [2.75, 3.05) is 13.1 Å². The normalized spacial score (nSPS) is 26.7. The van der Waals surface area contributed by atoms with Gasteiger partial charge in [-0.05, 0) is 27.2 Å². The third kappa shape index (κ3) is 4.28. The summed E-state index contributed by atoms with van der Waals surface area (Å²) in [5, 5.41) is 9.33. The summed E-state index contributed by atoms with van der Waals surface area (Å²) >= 11 is 0. The molecule has 0 amide bonds. The Balaban J connectivity index is 2.69. The lowest BCUT2D eigenvalue weighted by Gasteiger charge is -2.44. The number of morpholine rings is 1. The second kappa shape index (κ2) is 5.83. The third-order valence-electron chi connectivity index (χ3n) is 3.15. The largest absolute Gasteiger partial charge is 0.480 e. The predicted molar refractivity (Wildman–Crippen MR) is 67.1 cm³/mol. The number of nitrogens with zero attached hydrogens (tertiary/aromatic N) is 1. The molecule has 1 saturated heterocycles. The van der Waals surface area contributed by atoms with E-state index in [-0.39, 0.29) is 17.7 Å². The lowest BCUT2D eigenvalue weighted by atomic mass is 10.0. The zero-order valence-electron chi connectivity index (χ0n) is 11.4. The molecule has 1 aliphatic rings. The Hall–Kier alpha value is -0.610. The highest BCUT2D eigenvalue weighted by Gasteiger charge is 2.36. The van der Waals surface area contributed by atoms with E-state index in [9.17, 15) is 9.90 Å². The van der Waals surface area contributed by atoms with Gasteiger partial charge in [-0.2, -0.15) is 0 Å². The first kappa shape index (κ1) is 14.5. The van der Waals surface area contributed by atoms with Crippen molar-refractivity contribution in [3.8, 4) is 0 Å². The first-order chi connectivity index (χ1) is 7.85. The van der Waals surface area contributed by atoms with E-state index < -0.39 is 5.97 Å². The van der Waals surface area contributed by atoms with E-state index in [1.54, 1.807) is 0 Å². The number of aliphatic carboxylic acids is 1. The number of carboxylic acid groups (broad SMARTS) is 1. The molecule has 2 unspecified atom stereocenters. The lowest BCUT2D eigenvalue weighted by Crippen LogP contribution is -2.57. The Kier molecular flexibility index (Phi) is 4.95. The molecule has 4 nitrogen and oxygen atoms in total. The Bertz CT molecular complexity index is 265. The van der Waals surface area contributed by atoms with Gasteiger partial charge in [0, 0.05) is 13.1 Å². The van der Waals surface area contributed by atoms with Crippen LogP contribution in [0.1, 0.15) is 47.0 Å². The van der Waals surface area contributed by atoms with Crippen LogP contribution in [0.3, 0.4) is 0 Å². The number of ether oxygens (including phenoxy) is 1. The highest BCUT2D eigenvalue weighted by atomic mass is 16.5. The van der Waals surface area contributed by atoms with Gasteiger partial charge in [0.05, 0.1) is 11.7 Å². The molecule has 0 spiro atoms. The van der Waals surface area contributed by atoms with Crippen LogP contribution in [-0.4, -0.2) is 46.8 Å². The summed E-state index contributed by atoms with van der Waals surface area (Å²) in [5.41, 5.74) is -0.252. The van der Waals surface area contributed by atoms with Crippen molar-refractivity contribution in [1.29, 1.82) is 0 Å². The van der Waals surface area contributed by atoms with Crippen molar-refractivity contribution in [1.82, 2.24) is 4.90 Å². The fourth-order valence-corrected chi connectivity index (χ4v) is 2.60. The highest BCUT2D eigenvalue weighted by molar-refractivity contribution is 5.73. The molecule has 0 aromatic carbocycles. The minimum absolute atomic E-state index is 0.0993. The molecule has 1 heterocycles. The second-order valence-corrected chi connectivity index (χ2v) is 5.61. The Morgan fingerprint density at radius 2 is 2.24 bits per heavy atom. The summed E-state index contributed by atoms with van der Waals surface area (Å²) in [4.78, 5) is 13.4. The average molecular weight is 243 g/mol. The van der Waals surface area contributed by atoms with Crippen LogP contribution in [0, 0.1) is 0 Å². The van der Waals surface area contributed by atoms with Crippen molar-refractivity contribution in [3.63, 3.8) is 0 Å². The van der Waals surface area contributed by atoms with E-state index in [1.165, 1.54) is 0 Å². The smallest absolute Gasteiger partial charge is 0.320 e. The maximum absolute atomic E-state index is 11.3. The summed E-state index contributed by atoms with van der Waals surface area (Å²) in [6, 6.07) is -0.361. The Labute approximate surface area is 104 Å². The number of carbonyl (C=O) groups is 1. The second-order valence-electron chi connectivity index (χ2n) is 5.61. The van der Waals surface area contributed by atoms with Gasteiger partial charge in [0.15, 0.2) is 0 Å². The van der Waals surface area contributed by atoms with Crippen molar-refractivity contribution in [2.45, 2.75) is 64.7 Å². The molecule has 0 aromatic rings. The van der Waals surface area contributed by atoms with Gasteiger partial charge >= 0.3 is 5.97 Å². The number of rotatable bonds is 5. The van der Waals surface area contributed by atoms with Gasteiger partial charge in [-0.3, -0.25) is 9.69 Å². The van der Waals surface area contributed by atoms with Crippen LogP contribution in [0.5, 0.6) is 0 Å². The maximum Gasteiger partial charge on any atom is 0.320 e. The molecular weight excluding hydrogens is 218 g/mol.